The number of esters is 1. The summed E-state index contributed by atoms with van der Waals surface area (Å²) >= 11 is 1.40. The Kier molecular flexibility index (Phi) is 7.19. The number of rotatable bonds is 7. The van der Waals surface area contributed by atoms with E-state index >= 15 is 0 Å². The van der Waals surface area contributed by atoms with E-state index in [1.54, 1.807) is 13.0 Å². The third-order valence-electron chi connectivity index (χ3n) is 4.03. The summed E-state index contributed by atoms with van der Waals surface area (Å²) < 4.78 is 5.16. The maximum Gasteiger partial charge on any atom is 0.341 e. The number of ether oxygens (including phenoxy) is 1. The summed E-state index contributed by atoms with van der Waals surface area (Å²) in [6.45, 7) is 10.7. The van der Waals surface area contributed by atoms with Crippen molar-refractivity contribution in [3.05, 3.63) is 42.0 Å². The highest BCUT2D eigenvalue weighted by molar-refractivity contribution is 7.20. The molecule has 0 spiro atoms. The lowest BCUT2D eigenvalue weighted by molar-refractivity contribution is -0.117. The second kappa shape index (κ2) is 9.18. The lowest BCUT2D eigenvalue weighted by atomic mass is 9.84. The first-order valence-electron chi connectivity index (χ1n) is 9.36. The molecular weight excluding hydrogens is 358 g/mol. The zero-order valence-electron chi connectivity index (χ0n) is 16.8. The van der Waals surface area contributed by atoms with Gasteiger partial charge in [0.15, 0.2) is 0 Å². The van der Waals surface area contributed by atoms with Gasteiger partial charge in [-0.1, -0.05) is 58.0 Å². The minimum absolute atomic E-state index is 0.0706. The lowest BCUT2D eigenvalue weighted by Gasteiger charge is -2.22. The molecule has 1 N–H and O–H groups in total. The zero-order valence-corrected chi connectivity index (χ0v) is 17.6. The van der Waals surface area contributed by atoms with Crippen LogP contribution in [0, 0.1) is 11.3 Å². The Balaban J connectivity index is 2.20. The summed E-state index contributed by atoms with van der Waals surface area (Å²) in [7, 11) is 0. The Bertz CT molecular complexity index is 775. The molecule has 1 unspecified atom stereocenters. The van der Waals surface area contributed by atoms with Crippen molar-refractivity contribution in [1.82, 2.24) is 0 Å². The molecule has 5 heteroatoms. The van der Waals surface area contributed by atoms with Crippen molar-refractivity contribution in [3.8, 4) is 10.4 Å². The van der Waals surface area contributed by atoms with Gasteiger partial charge in [-0.15, -0.1) is 11.3 Å². The smallest absolute Gasteiger partial charge is 0.341 e. The quantitative estimate of drug-likeness (QED) is 0.593. The van der Waals surface area contributed by atoms with Gasteiger partial charge in [-0.3, -0.25) is 4.79 Å². The van der Waals surface area contributed by atoms with Crippen molar-refractivity contribution in [2.45, 2.75) is 47.5 Å². The summed E-state index contributed by atoms with van der Waals surface area (Å²) in [4.78, 5) is 25.8. The van der Waals surface area contributed by atoms with Crippen LogP contribution in [-0.4, -0.2) is 18.5 Å². The molecule has 2 aromatic rings. The summed E-state index contributed by atoms with van der Waals surface area (Å²) in [6, 6.07) is 11.6. The van der Waals surface area contributed by atoms with Crippen LogP contribution in [0.5, 0.6) is 0 Å². The first kappa shape index (κ1) is 21.2. The molecule has 0 radical (unpaired) electrons. The first-order valence-corrected chi connectivity index (χ1v) is 10.2. The molecule has 0 fully saturated rings. The average Bonchev–Trinajstić information content (AvgIpc) is 2.97. The van der Waals surface area contributed by atoms with Gasteiger partial charge >= 0.3 is 5.97 Å². The number of amides is 1. The molecule has 146 valence electrons. The molecule has 1 aromatic heterocycles. The molecular formula is C22H29NO3S. The van der Waals surface area contributed by atoms with Gasteiger partial charge in [0.2, 0.25) is 5.91 Å². The van der Waals surface area contributed by atoms with E-state index in [9.17, 15) is 9.59 Å². The number of anilines is 1. The molecule has 0 saturated carbocycles. The maximum atomic E-state index is 12.5. The first-order chi connectivity index (χ1) is 12.7. The van der Waals surface area contributed by atoms with Crippen LogP contribution in [0.25, 0.3) is 10.4 Å². The molecule has 27 heavy (non-hydrogen) atoms. The molecule has 0 saturated heterocycles. The van der Waals surface area contributed by atoms with E-state index in [0.29, 0.717) is 23.6 Å². The topological polar surface area (TPSA) is 55.4 Å². The molecule has 1 aromatic carbocycles. The van der Waals surface area contributed by atoms with Crippen LogP contribution in [0.15, 0.2) is 36.4 Å². The predicted octanol–water partition coefficient (Wildman–Crippen LogP) is 5.99. The average molecular weight is 388 g/mol. The van der Waals surface area contributed by atoms with Gasteiger partial charge in [0.1, 0.15) is 5.00 Å². The van der Waals surface area contributed by atoms with Crippen molar-refractivity contribution in [2.24, 2.45) is 11.3 Å². The molecule has 1 atom stereocenters. The number of benzene rings is 1. The predicted molar refractivity (Wildman–Crippen MR) is 112 cm³/mol. The molecule has 0 bridgehead atoms. The lowest BCUT2D eigenvalue weighted by Crippen LogP contribution is -2.19. The normalized spacial score (nSPS) is 12.5. The van der Waals surface area contributed by atoms with Crippen molar-refractivity contribution in [2.75, 3.05) is 11.9 Å². The van der Waals surface area contributed by atoms with E-state index in [2.05, 4.69) is 33.0 Å². The summed E-state index contributed by atoms with van der Waals surface area (Å²) in [5.41, 5.74) is 1.60. The number of carbonyl (C=O) groups excluding carboxylic acids is 2. The van der Waals surface area contributed by atoms with Gasteiger partial charge in [0.25, 0.3) is 0 Å². The van der Waals surface area contributed by atoms with E-state index in [0.717, 1.165) is 16.9 Å². The van der Waals surface area contributed by atoms with Crippen LogP contribution < -0.4 is 5.32 Å². The Morgan fingerprint density at radius 1 is 1.19 bits per heavy atom. The Labute approximate surface area is 165 Å². The van der Waals surface area contributed by atoms with E-state index in [4.69, 9.17) is 4.74 Å². The van der Waals surface area contributed by atoms with Gasteiger partial charge in [-0.05, 0) is 36.3 Å². The van der Waals surface area contributed by atoms with Crippen molar-refractivity contribution in [3.63, 3.8) is 0 Å². The van der Waals surface area contributed by atoms with E-state index in [-0.39, 0.29) is 17.2 Å². The van der Waals surface area contributed by atoms with Crippen LogP contribution >= 0.6 is 11.3 Å². The molecule has 1 heterocycles. The highest BCUT2D eigenvalue weighted by Gasteiger charge is 2.22. The Morgan fingerprint density at radius 2 is 1.85 bits per heavy atom. The minimum Gasteiger partial charge on any atom is -0.462 e. The standard InChI is InChI=1S/C22H29NO3S/c1-6-26-21(25)17-13-18(16-10-8-7-9-11-16)27-20(17)23-19(24)12-15(2)14-22(3,4)5/h7-11,13,15H,6,12,14H2,1-5H3,(H,23,24). The number of thiophene rings is 1. The third-order valence-corrected chi connectivity index (χ3v) is 5.13. The fraction of sp³-hybridized carbons (Fsp3) is 0.455. The molecule has 0 aliphatic heterocycles. The minimum atomic E-state index is -0.408. The van der Waals surface area contributed by atoms with Gasteiger partial charge in [0.05, 0.1) is 12.2 Å². The van der Waals surface area contributed by atoms with E-state index < -0.39 is 5.97 Å². The SMILES string of the molecule is CCOC(=O)c1cc(-c2ccccc2)sc1NC(=O)CC(C)CC(C)(C)C. The van der Waals surface area contributed by atoms with Crippen LogP contribution in [0.3, 0.4) is 0 Å². The van der Waals surface area contributed by atoms with Crippen LogP contribution in [-0.2, 0) is 9.53 Å². The molecule has 0 aliphatic rings. The molecule has 2 rings (SSSR count). The zero-order chi connectivity index (χ0) is 20.0. The summed E-state index contributed by atoms with van der Waals surface area (Å²) in [5, 5.41) is 3.49. The number of hydrogen-bond donors (Lipinski definition) is 1. The van der Waals surface area contributed by atoms with Crippen LogP contribution in [0.2, 0.25) is 0 Å². The number of carbonyl (C=O) groups is 2. The summed E-state index contributed by atoms with van der Waals surface area (Å²) in [6.07, 6.45) is 1.39. The number of nitrogens with one attached hydrogen (secondary N) is 1. The monoisotopic (exact) mass is 387 g/mol. The van der Waals surface area contributed by atoms with Crippen LogP contribution in [0.4, 0.5) is 5.00 Å². The molecule has 1 amide bonds. The van der Waals surface area contributed by atoms with Gasteiger partial charge in [-0.25, -0.2) is 4.79 Å². The largest absolute Gasteiger partial charge is 0.462 e. The Morgan fingerprint density at radius 3 is 2.44 bits per heavy atom. The van der Waals surface area contributed by atoms with Gasteiger partial charge < -0.3 is 10.1 Å². The maximum absolute atomic E-state index is 12.5. The third kappa shape index (κ3) is 6.51. The van der Waals surface area contributed by atoms with E-state index in [1.807, 2.05) is 30.3 Å². The van der Waals surface area contributed by atoms with Gasteiger partial charge in [0, 0.05) is 11.3 Å². The highest BCUT2D eigenvalue weighted by Crippen LogP contribution is 2.36. The second-order valence-corrected chi connectivity index (χ2v) is 9.11. The second-order valence-electron chi connectivity index (χ2n) is 8.06. The highest BCUT2D eigenvalue weighted by atomic mass is 32.1. The van der Waals surface area contributed by atoms with Crippen molar-refractivity contribution in [1.29, 1.82) is 0 Å². The summed E-state index contributed by atoms with van der Waals surface area (Å²) in [5.74, 6) is -0.211. The van der Waals surface area contributed by atoms with Crippen LogP contribution in [0.1, 0.15) is 57.8 Å². The van der Waals surface area contributed by atoms with E-state index in [1.165, 1.54) is 11.3 Å². The Hall–Kier alpha value is -2.14. The molecule has 4 nitrogen and oxygen atoms in total. The fourth-order valence-corrected chi connectivity index (χ4v) is 4.27. The fourth-order valence-electron chi connectivity index (χ4n) is 3.20. The van der Waals surface area contributed by atoms with Crippen molar-refractivity contribution < 1.29 is 14.3 Å². The number of hydrogen-bond acceptors (Lipinski definition) is 4. The molecule has 0 aliphatic carbocycles. The van der Waals surface area contributed by atoms with Crippen molar-refractivity contribution >= 4 is 28.2 Å². The van der Waals surface area contributed by atoms with Gasteiger partial charge in [-0.2, -0.15) is 0 Å².